The van der Waals surface area contributed by atoms with Crippen molar-refractivity contribution >= 4 is 39.9 Å². The predicted molar refractivity (Wildman–Crippen MR) is 130 cm³/mol. The zero-order valence-electron chi connectivity index (χ0n) is 18.5. The number of carbonyl (C=O) groups excluding carboxylic acids is 3. The molecule has 6 heteroatoms. The second-order valence-corrected chi connectivity index (χ2v) is 8.69. The number of benzene rings is 3. The Hall–Kier alpha value is -3.67. The highest BCUT2D eigenvalue weighted by Gasteiger charge is 2.29. The maximum Gasteiger partial charge on any atom is 0.258 e. The fourth-order valence-electron chi connectivity index (χ4n) is 4.86. The van der Waals surface area contributed by atoms with Crippen molar-refractivity contribution in [3.05, 3.63) is 71.8 Å². The van der Waals surface area contributed by atoms with Gasteiger partial charge in [0.2, 0.25) is 5.91 Å². The maximum absolute atomic E-state index is 13.0. The molecule has 2 heterocycles. The highest BCUT2D eigenvalue weighted by Crippen LogP contribution is 2.37. The minimum Gasteiger partial charge on any atom is -0.339 e. The first-order chi connectivity index (χ1) is 16.1. The van der Waals surface area contributed by atoms with Crippen LogP contribution < -0.4 is 10.2 Å². The lowest BCUT2D eigenvalue weighted by molar-refractivity contribution is -0.116. The van der Waals surface area contributed by atoms with Crippen molar-refractivity contribution in [2.24, 2.45) is 0 Å². The Morgan fingerprint density at radius 2 is 1.64 bits per heavy atom. The molecule has 0 saturated carbocycles. The number of anilines is 2. The highest BCUT2D eigenvalue weighted by molar-refractivity contribution is 6.25. The number of piperidine rings is 1. The van der Waals surface area contributed by atoms with E-state index in [0.29, 0.717) is 24.2 Å². The monoisotopic (exact) mass is 441 g/mol. The van der Waals surface area contributed by atoms with Crippen LogP contribution >= 0.6 is 0 Å². The van der Waals surface area contributed by atoms with Gasteiger partial charge in [0.1, 0.15) is 0 Å². The molecule has 0 radical (unpaired) electrons. The number of amides is 3. The van der Waals surface area contributed by atoms with Crippen LogP contribution in [0.3, 0.4) is 0 Å². The zero-order chi connectivity index (χ0) is 22.8. The van der Waals surface area contributed by atoms with Gasteiger partial charge in [-0.05, 0) is 55.3 Å². The van der Waals surface area contributed by atoms with Gasteiger partial charge < -0.3 is 15.1 Å². The van der Waals surface area contributed by atoms with Crippen molar-refractivity contribution in [3.63, 3.8) is 0 Å². The Bertz CT molecular complexity index is 1230. The average molecular weight is 442 g/mol. The molecule has 3 aromatic rings. The number of hydrogen-bond donors (Lipinski definition) is 1. The second-order valence-electron chi connectivity index (χ2n) is 8.69. The Morgan fingerprint density at radius 3 is 2.45 bits per heavy atom. The first kappa shape index (κ1) is 21.2. The van der Waals surface area contributed by atoms with E-state index in [4.69, 9.17) is 0 Å². The third kappa shape index (κ3) is 4.09. The quantitative estimate of drug-likeness (QED) is 0.595. The summed E-state index contributed by atoms with van der Waals surface area (Å²) >= 11 is 0. The summed E-state index contributed by atoms with van der Waals surface area (Å²) in [7, 11) is 0. The molecule has 0 aromatic heterocycles. The van der Waals surface area contributed by atoms with Crippen molar-refractivity contribution in [2.75, 3.05) is 29.9 Å². The largest absolute Gasteiger partial charge is 0.339 e. The molecular formula is C27H27N3O3. The van der Waals surface area contributed by atoms with Crippen LogP contribution in [0.4, 0.5) is 11.4 Å². The topological polar surface area (TPSA) is 69.7 Å². The fourth-order valence-corrected chi connectivity index (χ4v) is 4.86. The van der Waals surface area contributed by atoms with Crippen molar-refractivity contribution in [2.45, 2.75) is 32.1 Å². The van der Waals surface area contributed by atoms with Crippen LogP contribution in [0.1, 0.15) is 52.8 Å². The van der Waals surface area contributed by atoms with Gasteiger partial charge in [-0.1, -0.05) is 36.4 Å². The minimum absolute atomic E-state index is 0.0142. The Kier molecular flexibility index (Phi) is 5.82. The van der Waals surface area contributed by atoms with Gasteiger partial charge in [-0.2, -0.15) is 0 Å². The number of nitrogens with one attached hydrogen (secondary N) is 1. The molecule has 2 aliphatic rings. The molecule has 3 aromatic carbocycles. The SMILES string of the molecule is O=C(CCCN1C(=O)c2cccc3cccc1c23)Nc1ccccc1C(=O)N1CCCCC1. The third-order valence-electron chi connectivity index (χ3n) is 6.51. The zero-order valence-corrected chi connectivity index (χ0v) is 18.5. The number of para-hydroxylation sites is 1. The van der Waals surface area contributed by atoms with E-state index in [1.54, 1.807) is 17.0 Å². The van der Waals surface area contributed by atoms with Gasteiger partial charge in [-0.15, -0.1) is 0 Å². The van der Waals surface area contributed by atoms with Crippen LogP contribution in [-0.2, 0) is 4.79 Å². The molecule has 1 fully saturated rings. The summed E-state index contributed by atoms with van der Waals surface area (Å²) in [6.07, 6.45) is 3.99. The van der Waals surface area contributed by atoms with Crippen LogP contribution in [0.15, 0.2) is 60.7 Å². The van der Waals surface area contributed by atoms with E-state index in [2.05, 4.69) is 5.32 Å². The lowest BCUT2D eigenvalue weighted by Gasteiger charge is -2.27. The van der Waals surface area contributed by atoms with Gasteiger partial charge in [0.05, 0.1) is 16.9 Å². The van der Waals surface area contributed by atoms with Crippen LogP contribution in [0.2, 0.25) is 0 Å². The summed E-state index contributed by atoms with van der Waals surface area (Å²) in [5.41, 5.74) is 2.71. The molecule has 33 heavy (non-hydrogen) atoms. The lowest BCUT2D eigenvalue weighted by atomic mass is 10.1. The Balaban J connectivity index is 1.22. The summed E-state index contributed by atoms with van der Waals surface area (Å²) in [5, 5.41) is 4.95. The molecule has 5 rings (SSSR count). The van der Waals surface area contributed by atoms with Gasteiger partial charge in [0, 0.05) is 37.0 Å². The van der Waals surface area contributed by atoms with E-state index in [0.717, 1.165) is 54.4 Å². The van der Waals surface area contributed by atoms with Crippen LogP contribution in [0, 0.1) is 0 Å². The Morgan fingerprint density at radius 1 is 0.879 bits per heavy atom. The molecule has 1 saturated heterocycles. The first-order valence-corrected chi connectivity index (χ1v) is 11.7. The van der Waals surface area contributed by atoms with E-state index in [1.807, 2.05) is 53.4 Å². The standard InChI is InChI=1S/C27H27N3O3/c31-24(28-22-13-3-2-11-20(22)26(32)29-16-4-1-5-17-29)15-8-18-30-23-14-7-10-19-9-6-12-21(25(19)23)27(30)33/h2-3,6-7,9-14H,1,4-5,8,15-18H2,(H,28,31). The minimum atomic E-state index is -0.156. The van der Waals surface area contributed by atoms with Gasteiger partial charge >= 0.3 is 0 Å². The molecule has 2 aliphatic heterocycles. The summed E-state index contributed by atoms with van der Waals surface area (Å²) in [5.74, 6) is -0.199. The van der Waals surface area contributed by atoms with E-state index < -0.39 is 0 Å². The van der Waals surface area contributed by atoms with Gasteiger partial charge in [0.15, 0.2) is 0 Å². The molecule has 0 spiro atoms. The molecule has 6 nitrogen and oxygen atoms in total. The second kappa shape index (κ2) is 9.06. The molecule has 0 aliphatic carbocycles. The van der Waals surface area contributed by atoms with Crippen molar-refractivity contribution < 1.29 is 14.4 Å². The normalized spacial score (nSPS) is 15.2. The first-order valence-electron chi connectivity index (χ1n) is 11.7. The summed E-state index contributed by atoms with van der Waals surface area (Å²) in [4.78, 5) is 42.2. The lowest BCUT2D eigenvalue weighted by Crippen LogP contribution is -2.36. The number of nitrogens with zero attached hydrogens (tertiary/aromatic N) is 2. The molecule has 3 amide bonds. The fraction of sp³-hybridized carbons (Fsp3) is 0.296. The highest BCUT2D eigenvalue weighted by atomic mass is 16.2. The number of likely N-dealkylation sites (tertiary alicyclic amines) is 1. The van der Waals surface area contributed by atoms with E-state index in [9.17, 15) is 14.4 Å². The number of carbonyl (C=O) groups is 3. The van der Waals surface area contributed by atoms with Crippen molar-refractivity contribution in [1.82, 2.24) is 4.90 Å². The smallest absolute Gasteiger partial charge is 0.258 e. The molecule has 0 unspecified atom stereocenters. The summed E-state index contributed by atoms with van der Waals surface area (Å²) in [6.45, 7) is 1.99. The van der Waals surface area contributed by atoms with Crippen molar-refractivity contribution in [3.8, 4) is 0 Å². The van der Waals surface area contributed by atoms with E-state index in [-0.39, 0.29) is 24.1 Å². The summed E-state index contributed by atoms with van der Waals surface area (Å²) < 4.78 is 0. The summed E-state index contributed by atoms with van der Waals surface area (Å²) in [6, 6.07) is 18.9. The van der Waals surface area contributed by atoms with E-state index >= 15 is 0 Å². The number of rotatable bonds is 6. The molecule has 0 atom stereocenters. The molecule has 1 N–H and O–H groups in total. The van der Waals surface area contributed by atoms with Crippen LogP contribution in [0.5, 0.6) is 0 Å². The molecule has 0 bridgehead atoms. The average Bonchev–Trinajstić information content (AvgIpc) is 3.12. The van der Waals surface area contributed by atoms with Gasteiger partial charge in [-0.25, -0.2) is 0 Å². The molecule has 168 valence electrons. The van der Waals surface area contributed by atoms with Crippen LogP contribution in [-0.4, -0.2) is 42.3 Å². The van der Waals surface area contributed by atoms with Crippen molar-refractivity contribution in [1.29, 1.82) is 0 Å². The third-order valence-corrected chi connectivity index (χ3v) is 6.51. The predicted octanol–water partition coefficient (Wildman–Crippen LogP) is 4.85. The van der Waals surface area contributed by atoms with Crippen LogP contribution in [0.25, 0.3) is 10.8 Å². The number of hydrogen-bond acceptors (Lipinski definition) is 3. The van der Waals surface area contributed by atoms with Gasteiger partial charge in [-0.3, -0.25) is 14.4 Å². The Labute approximate surface area is 193 Å². The maximum atomic E-state index is 13.0. The van der Waals surface area contributed by atoms with Gasteiger partial charge in [0.25, 0.3) is 11.8 Å². The van der Waals surface area contributed by atoms with E-state index in [1.165, 1.54) is 0 Å². The molecular weight excluding hydrogens is 414 g/mol.